The number of thiophene rings is 1. The first-order chi connectivity index (χ1) is 30.7. The summed E-state index contributed by atoms with van der Waals surface area (Å²) in [6.07, 6.45) is 0. The Kier molecular flexibility index (Phi) is 8.65. The van der Waals surface area contributed by atoms with Crippen LogP contribution in [0.15, 0.2) is 218 Å². The van der Waals surface area contributed by atoms with E-state index in [9.17, 15) is 0 Å². The minimum Gasteiger partial charge on any atom is -0.278 e. The number of nitrogens with zero attached hydrogens (tertiary/aromatic N) is 4. The van der Waals surface area contributed by atoms with Crippen molar-refractivity contribution in [1.82, 2.24) is 19.5 Å². The number of fused-ring (bicyclic) bond motifs is 6. The Morgan fingerprint density at radius 1 is 0.306 bits per heavy atom. The van der Waals surface area contributed by atoms with Gasteiger partial charge in [0, 0.05) is 42.1 Å². The van der Waals surface area contributed by atoms with Crippen LogP contribution in [0, 0.1) is 0 Å². The van der Waals surface area contributed by atoms with E-state index < -0.39 is 0 Å². The molecule has 0 unspecified atom stereocenters. The first-order valence-electron chi connectivity index (χ1n) is 20.8. The van der Waals surface area contributed by atoms with Gasteiger partial charge in [-0.25, -0.2) is 4.98 Å². The summed E-state index contributed by atoms with van der Waals surface area (Å²) in [6, 6.07) is 77.5. The fourth-order valence-electron chi connectivity index (χ4n) is 8.80. The van der Waals surface area contributed by atoms with E-state index in [1.807, 2.05) is 29.5 Å². The Hall–Kier alpha value is -7.99. The minimum absolute atomic E-state index is 0.582. The molecule has 0 saturated heterocycles. The lowest BCUT2D eigenvalue weighted by Gasteiger charge is -2.11. The molecule has 290 valence electrons. The maximum Gasteiger partial charge on any atom is 0.238 e. The molecule has 0 atom stereocenters. The van der Waals surface area contributed by atoms with Crippen LogP contribution in [-0.2, 0) is 0 Å². The molecule has 12 aromatic rings. The van der Waals surface area contributed by atoms with Crippen molar-refractivity contribution in [3.8, 4) is 73.2 Å². The lowest BCUT2D eigenvalue weighted by molar-refractivity contribution is 0.953. The first-order valence-corrected chi connectivity index (χ1v) is 21.7. The number of rotatable bonds is 7. The summed E-state index contributed by atoms with van der Waals surface area (Å²) >= 11 is 1.85. The van der Waals surface area contributed by atoms with Crippen molar-refractivity contribution in [1.29, 1.82) is 0 Å². The van der Waals surface area contributed by atoms with Gasteiger partial charge in [-0.1, -0.05) is 188 Å². The predicted octanol–water partition coefficient (Wildman–Crippen LogP) is 15.3. The molecule has 9 aromatic carbocycles. The molecular formula is C57H36N4S. The van der Waals surface area contributed by atoms with E-state index >= 15 is 0 Å². The lowest BCUT2D eigenvalue weighted by atomic mass is 9.98. The highest BCUT2D eigenvalue weighted by Gasteiger charge is 2.19. The topological polar surface area (TPSA) is 43.6 Å². The van der Waals surface area contributed by atoms with Gasteiger partial charge in [-0.2, -0.15) is 9.97 Å². The zero-order chi connectivity index (χ0) is 41.0. The molecule has 0 fully saturated rings. The maximum absolute atomic E-state index is 5.23. The Morgan fingerprint density at radius 2 is 0.774 bits per heavy atom. The van der Waals surface area contributed by atoms with Crippen molar-refractivity contribution in [2.75, 3.05) is 0 Å². The number of benzene rings is 9. The Labute approximate surface area is 362 Å². The van der Waals surface area contributed by atoms with E-state index in [1.165, 1.54) is 59.1 Å². The maximum atomic E-state index is 5.23. The summed E-state index contributed by atoms with van der Waals surface area (Å²) in [6.45, 7) is 0. The van der Waals surface area contributed by atoms with Gasteiger partial charge in [0.25, 0.3) is 0 Å². The third-order valence-electron chi connectivity index (χ3n) is 11.9. The third-order valence-corrected chi connectivity index (χ3v) is 13.1. The van der Waals surface area contributed by atoms with E-state index in [4.69, 9.17) is 15.0 Å². The van der Waals surface area contributed by atoms with Gasteiger partial charge < -0.3 is 0 Å². The molecule has 0 aliphatic rings. The summed E-state index contributed by atoms with van der Waals surface area (Å²) in [5.41, 5.74) is 13.5. The minimum atomic E-state index is 0.582. The van der Waals surface area contributed by atoms with Crippen molar-refractivity contribution >= 4 is 53.3 Å². The standard InChI is InChI=1S/C57H36N4S/c1-4-13-37(14-5-1)39-23-25-40(26-24-39)45-32-34-53-50(36-45)48-21-12-20-46(54(48)62-53)41-27-29-43(30-28-41)56-58-55(42-17-8-3-9-18-42)59-57(60-56)61-51-22-11-10-19-47(51)49-35-44(31-33-52(49)61)38-15-6-2-7-16-38/h1-36H. The average molecular weight is 809 g/mol. The van der Waals surface area contributed by atoms with Crippen LogP contribution in [0.25, 0.3) is 115 Å². The van der Waals surface area contributed by atoms with E-state index in [0.717, 1.165) is 38.5 Å². The molecule has 62 heavy (non-hydrogen) atoms. The normalized spacial score (nSPS) is 11.5. The number of hydrogen-bond donors (Lipinski definition) is 0. The van der Waals surface area contributed by atoms with Gasteiger partial charge in [-0.05, 0) is 74.8 Å². The molecule has 0 saturated carbocycles. The molecule has 5 heteroatoms. The van der Waals surface area contributed by atoms with Crippen LogP contribution in [0.5, 0.6) is 0 Å². The van der Waals surface area contributed by atoms with Crippen LogP contribution in [-0.4, -0.2) is 19.5 Å². The highest BCUT2D eigenvalue weighted by molar-refractivity contribution is 7.26. The molecule has 0 aliphatic heterocycles. The van der Waals surface area contributed by atoms with Crippen molar-refractivity contribution in [3.05, 3.63) is 218 Å². The monoisotopic (exact) mass is 808 g/mol. The lowest BCUT2D eigenvalue weighted by Crippen LogP contribution is -2.06. The average Bonchev–Trinajstić information content (AvgIpc) is 3.90. The van der Waals surface area contributed by atoms with Crippen LogP contribution in [0.1, 0.15) is 0 Å². The van der Waals surface area contributed by atoms with E-state index in [1.54, 1.807) is 0 Å². The molecule has 0 radical (unpaired) electrons. The van der Waals surface area contributed by atoms with Gasteiger partial charge in [-0.15, -0.1) is 11.3 Å². The van der Waals surface area contributed by atoms with E-state index in [2.05, 4.69) is 205 Å². The summed E-state index contributed by atoms with van der Waals surface area (Å²) in [4.78, 5) is 15.5. The molecule has 4 nitrogen and oxygen atoms in total. The molecule has 12 rings (SSSR count). The fraction of sp³-hybridized carbons (Fsp3) is 0. The summed E-state index contributed by atoms with van der Waals surface area (Å²) < 4.78 is 4.74. The van der Waals surface area contributed by atoms with Gasteiger partial charge in [0.15, 0.2) is 11.6 Å². The quantitative estimate of drug-likeness (QED) is 0.161. The summed E-state index contributed by atoms with van der Waals surface area (Å²) in [5.74, 6) is 1.83. The molecule has 0 N–H and O–H groups in total. The SMILES string of the molecule is c1ccc(-c2ccc(-c3ccc4sc5c(-c6ccc(-c7nc(-c8ccccc8)nc(-n8c9ccccc9c9cc(-c%10ccccc%10)ccc98)n7)cc6)cccc5c4c3)cc2)cc1. The molecule has 0 aliphatic carbocycles. The van der Waals surface area contributed by atoms with Crippen molar-refractivity contribution in [2.45, 2.75) is 0 Å². The van der Waals surface area contributed by atoms with Crippen LogP contribution in [0.4, 0.5) is 0 Å². The van der Waals surface area contributed by atoms with Gasteiger partial charge in [0.1, 0.15) is 0 Å². The zero-order valence-electron chi connectivity index (χ0n) is 33.5. The van der Waals surface area contributed by atoms with Crippen LogP contribution in [0.2, 0.25) is 0 Å². The molecule has 0 bridgehead atoms. The van der Waals surface area contributed by atoms with Crippen LogP contribution < -0.4 is 0 Å². The number of hydrogen-bond acceptors (Lipinski definition) is 4. The Bertz CT molecular complexity index is 3590. The molecule has 3 heterocycles. The van der Waals surface area contributed by atoms with E-state index in [0.29, 0.717) is 17.6 Å². The van der Waals surface area contributed by atoms with Gasteiger partial charge in [0.2, 0.25) is 5.95 Å². The molecule has 3 aromatic heterocycles. The predicted molar refractivity (Wildman–Crippen MR) is 260 cm³/mol. The molecular weight excluding hydrogens is 773 g/mol. The van der Waals surface area contributed by atoms with Gasteiger partial charge in [0.05, 0.1) is 11.0 Å². The van der Waals surface area contributed by atoms with Crippen molar-refractivity contribution < 1.29 is 0 Å². The van der Waals surface area contributed by atoms with E-state index in [-0.39, 0.29) is 0 Å². The Morgan fingerprint density at radius 3 is 1.47 bits per heavy atom. The first kappa shape index (κ1) is 35.9. The van der Waals surface area contributed by atoms with Crippen LogP contribution in [0.3, 0.4) is 0 Å². The molecule has 0 amide bonds. The fourth-order valence-corrected chi connectivity index (χ4v) is 10.0. The second kappa shape index (κ2) is 14.9. The largest absolute Gasteiger partial charge is 0.278 e. The number of aromatic nitrogens is 4. The summed E-state index contributed by atoms with van der Waals surface area (Å²) in [5, 5.41) is 4.85. The van der Waals surface area contributed by atoms with Crippen LogP contribution >= 0.6 is 11.3 Å². The third kappa shape index (κ3) is 6.26. The highest BCUT2D eigenvalue weighted by Crippen LogP contribution is 2.42. The van der Waals surface area contributed by atoms with Crippen molar-refractivity contribution in [3.63, 3.8) is 0 Å². The van der Waals surface area contributed by atoms with Crippen molar-refractivity contribution in [2.24, 2.45) is 0 Å². The van der Waals surface area contributed by atoms with Gasteiger partial charge in [-0.3, -0.25) is 4.57 Å². The molecule has 0 spiro atoms. The Balaban J connectivity index is 0.932. The van der Waals surface area contributed by atoms with Gasteiger partial charge >= 0.3 is 0 Å². The second-order valence-corrected chi connectivity index (χ2v) is 16.7. The highest BCUT2D eigenvalue weighted by atomic mass is 32.1. The zero-order valence-corrected chi connectivity index (χ0v) is 34.3. The second-order valence-electron chi connectivity index (χ2n) is 15.6. The number of para-hydroxylation sites is 1. The smallest absolute Gasteiger partial charge is 0.238 e. The summed E-state index contributed by atoms with van der Waals surface area (Å²) in [7, 11) is 0.